The number of hydrogen-bond acceptors (Lipinski definition) is 3. The van der Waals surface area contributed by atoms with Gasteiger partial charge in [0.25, 0.3) is 5.91 Å². The van der Waals surface area contributed by atoms with Crippen LogP contribution in [0.1, 0.15) is 42.0 Å². The van der Waals surface area contributed by atoms with Gasteiger partial charge in [-0.3, -0.25) is 4.79 Å². The van der Waals surface area contributed by atoms with Crippen molar-refractivity contribution in [1.29, 1.82) is 0 Å². The van der Waals surface area contributed by atoms with Gasteiger partial charge < -0.3 is 9.88 Å². The summed E-state index contributed by atoms with van der Waals surface area (Å²) in [4.78, 5) is 16.6. The monoisotopic (exact) mass is 265 g/mol. The zero-order valence-electron chi connectivity index (χ0n) is 10.5. The average molecular weight is 265 g/mol. The average Bonchev–Trinajstić information content (AvgIpc) is 2.84. The van der Waals surface area contributed by atoms with Crippen LogP contribution in [0.2, 0.25) is 0 Å². The number of carbonyl (C=O) groups excluding carboxylic acids is 1. The lowest BCUT2D eigenvalue weighted by Gasteiger charge is -2.21. The lowest BCUT2D eigenvalue weighted by molar-refractivity contribution is 0.0934. The summed E-state index contributed by atoms with van der Waals surface area (Å²) < 4.78 is 2.13. The minimum absolute atomic E-state index is 0.00407. The minimum Gasteiger partial charge on any atom is -0.347 e. The number of aryl methyl sites for hydroxylation is 2. The molecule has 98 valence electrons. The molecule has 1 fully saturated rings. The Labute approximate surface area is 112 Å². The van der Waals surface area contributed by atoms with Gasteiger partial charge in [0.15, 0.2) is 0 Å². The molecule has 1 amide bonds. The zero-order chi connectivity index (χ0) is 12.4. The fourth-order valence-corrected chi connectivity index (χ4v) is 3.71. The molecule has 0 aromatic carbocycles. The molecule has 3 rings (SSSR count). The van der Waals surface area contributed by atoms with Crippen LogP contribution in [0.4, 0.5) is 0 Å². The second kappa shape index (κ2) is 5.34. The third kappa shape index (κ3) is 2.55. The summed E-state index contributed by atoms with van der Waals surface area (Å²) in [6.45, 7) is 1.01. The molecule has 0 saturated carbocycles. The van der Waals surface area contributed by atoms with E-state index in [9.17, 15) is 4.79 Å². The molecule has 1 saturated heterocycles. The van der Waals surface area contributed by atoms with Gasteiger partial charge in [-0.1, -0.05) is 0 Å². The van der Waals surface area contributed by atoms with Gasteiger partial charge in [-0.2, -0.15) is 11.8 Å². The van der Waals surface area contributed by atoms with Crippen LogP contribution >= 0.6 is 11.8 Å². The molecule has 0 spiro atoms. The number of nitrogens with zero attached hydrogens (tertiary/aromatic N) is 2. The summed E-state index contributed by atoms with van der Waals surface area (Å²) in [5, 5.41) is 3.11. The smallest absolute Gasteiger partial charge is 0.271 e. The highest BCUT2D eigenvalue weighted by atomic mass is 32.2. The Morgan fingerprint density at radius 3 is 3.17 bits per heavy atom. The maximum atomic E-state index is 12.1. The minimum atomic E-state index is 0.00407. The van der Waals surface area contributed by atoms with E-state index in [1.807, 2.05) is 18.0 Å². The molecule has 0 aliphatic carbocycles. The molecular weight excluding hydrogens is 246 g/mol. The Kier molecular flexibility index (Phi) is 3.59. The highest BCUT2D eigenvalue weighted by Crippen LogP contribution is 2.18. The van der Waals surface area contributed by atoms with Crippen LogP contribution in [0.3, 0.4) is 0 Å². The normalized spacial score (nSPS) is 23.4. The molecule has 3 heterocycles. The van der Waals surface area contributed by atoms with Gasteiger partial charge in [-0.05, 0) is 31.4 Å². The molecule has 2 aliphatic heterocycles. The van der Waals surface area contributed by atoms with Crippen molar-refractivity contribution in [1.82, 2.24) is 14.9 Å². The fourth-order valence-electron chi connectivity index (χ4n) is 2.64. The fraction of sp³-hybridized carbons (Fsp3) is 0.692. The quantitative estimate of drug-likeness (QED) is 0.887. The van der Waals surface area contributed by atoms with E-state index < -0.39 is 0 Å². The van der Waals surface area contributed by atoms with Gasteiger partial charge in [0.1, 0.15) is 11.5 Å². The molecule has 2 aliphatic rings. The summed E-state index contributed by atoms with van der Waals surface area (Å²) >= 11 is 1.93. The van der Waals surface area contributed by atoms with Gasteiger partial charge in [0, 0.05) is 31.0 Å². The molecular formula is C13H19N3OS. The van der Waals surface area contributed by atoms with Gasteiger partial charge in [0.2, 0.25) is 0 Å². The highest BCUT2D eigenvalue weighted by Gasteiger charge is 2.20. The number of hydrogen-bond donors (Lipinski definition) is 1. The van der Waals surface area contributed by atoms with Crippen molar-refractivity contribution in [3.63, 3.8) is 0 Å². The number of carbonyl (C=O) groups is 1. The van der Waals surface area contributed by atoms with Crippen molar-refractivity contribution >= 4 is 17.7 Å². The number of thioether (sulfide) groups is 1. The van der Waals surface area contributed by atoms with Crippen LogP contribution in [0.25, 0.3) is 0 Å². The van der Waals surface area contributed by atoms with E-state index in [0.717, 1.165) is 31.0 Å². The SMILES string of the molecule is O=C(NC1CCCSC1)c1cn2c(n1)CCCC2. The first-order chi connectivity index (χ1) is 8.83. The van der Waals surface area contributed by atoms with E-state index >= 15 is 0 Å². The molecule has 1 N–H and O–H groups in total. The Bertz CT molecular complexity index is 414. The van der Waals surface area contributed by atoms with Crippen molar-refractivity contribution in [2.75, 3.05) is 11.5 Å². The molecule has 5 heteroatoms. The maximum absolute atomic E-state index is 12.1. The predicted molar refractivity (Wildman–Crippen MR) is 73.0 cm³/mol. The Hall–Kier alpha value is -0.970. The lowest BCUT2D eigenvalue weighted by Crippen LogP contribution is -2.38. The zero-order valence-corrected chi connectivity index (χ0v) is 11.3. The van der Waals surface area contributed by atoms with E-state index in [0.29, 0.717) is 11.7 Å². The molecule has 1 unspecified atom stereocenters. The van der Waals surface area contributed by atoms with Crippen molar-refractivity contribution in [3.05, 3.63) is 17.7 Å². The summed E-state index contributed by atoms with van der Waals surface area (Å²) in [7, 11) is 0. The second-order valence-corrected chi connectivity index (χ2v) is 6.23. The molecule has 1 atom stereocenters. The van der Waals surface area contributed by atoms with Crippen LogP contribution < -0.4 is 5.32 Å². The number of amides is 1. The number of imidazole rings is 1. The molecule has 0 bridgehead atoms. The van der Waals surface area contributed by atoms with E-state index in [1.165, 1.54) is 25.0 Å². The molecule has 4 nitrogen and oxygen atoms in total. The van der Waals surface area contributed by atoms with Crippen LogP contribution in [0.5, 0.6) is 0 Å². The van der Waals surface area contributed by atoms with Crippen molar-refractivity contribution in [3.8, 4) is 0 Å². The third-order valence-corrected chi connectivity index (χ3v) is 4.85. The van der Waals surface area contributed by atoms with Gasteiger partial charge in [-0.15, -0.1) is 0 Å². The molecule has 1 aromatic heterocycles. The number of rotatable bonds is 2. The van der Waals surface area contributed by atoms with Crippen molar-refractivity contribution in [2.24, 2.45) is 0 Å². The van der Waals surface area contributed by atoms with Crippen molar-refractivity contribution < 1.29 is 4.79 Å². The van der Waals surface area contributed by atoms with E-state index in [1.54, 1.807) is 0 Å². The van der Waals surface area contributed by atoms with Crippen LogP contribution in [0, 0.1) is 0 Å². The highest BCUT2D eigenvalue weighted by molar-refractivity contribution is 7.99. The number of aromatic nitrogens is 2. The first-order valence-corrected chi connectivity index (χ1v) is 7.93. The standard InChI is InChI=1S/C13H19N3OS/c17-13(14-10-4-3-7-18-9-10)11-8-16-6-2-1-5-12(16)15-11/h8,10H,1-7,9H2,(H,14,17). The summed E-state index contributed by atoms with van der Waals surface area (Å²) in [6, 6.07) is 0.329. The lowest BCUT2D eigenvalue weighted by atomic mass is 10.2. The molecule has 0 radical (unpaired) electrons. The van der Waals surface area contributed by atoms with Crippen LogP contribution in [0.15, 0.2) is 6.20 Å². The number of nitrogens with one attached hydrogen (secondary N) is 1. The van der Waals surface area contributed by atoms with Gasteiger partial charge in [0.05, 0.1) is 0 Å². The Balaban J connectivity index is 1.66. The molecule has 18 heavy (non-hydrogen) atoms. The first kappa shape index (κ1) is 12.1. The topological polar surface area (TPSA) is 46.9 Å². The summed E-state index contributed by atoms with van der Waals surface area (Å²) in [5.41, 5.74) is 0.600. The largest absolute Gasteiger partial charge is 0.347 e. The maximum Gasteiger partial charge on any atom is 0.271 e. The van der Waals surface area contributed by atoms with Crippen molar-refractivity contribution in [2.45, 2.75) is 44.7 Å². The first-order valence-electron chi connectivity index (χ1n) is 6.77. The van der Waals surface area contributed by atoms with Gasteiger partial charge in [-0.25, -0.2) is 4.98 Å². The van der Waals surface area contributed by atoms with E-state index in [4.69, 9.17) is 0 Å². The summed E-state index contributed by atoms with van der Waals surface area (Å²) in [6.07, 6.45) is 7.62. The van der Waals surface area contributed by atoms with E-state index in [2.05, 4.69) is 14.9 Å². The van der Waals surface area contributed by atoms with Crippen LogP contribution in [-0.2, 0) is 13.0 Å². The van der Waals surface area contributed by atoms with Gasteiger partial charge >= 0.3 is 0 Å². The Morgan fingerprint density at radius 2 is 2.39 bits per heavy atom. The summed E-state index contributed by atoms with van der Waals surface area (Å²) in [5.74, 6) is 3.35. The van der Waals surface area contributed by atoms with E-state index in [-0.39, 0.29) is 5.91 Å². The Morgan fingerprint density at radius 1 is 1.44 bits per heavy atom. The predicted octanol–water partition coefficient (Wildman–Crippen LogP) is 1.84. The number of fused-ring (bicyclic) bond motifs is 1. The second-order valence-electron chi connectivity index (χ2n) is 5.08. The van der Waals surface area contributed by atoms with Crippen LogP contribution in [-0.4, -0.2) is 33.0 Å². The molecule has 1 aromatic rings. The third-order valence-electron chi connectivity index (χ3n) is 3.64.